The summed E-state index contributed by atoms with van der Waals surface area (Å²) in [5.41, 5.74) is -1.78. The predicted octanol–water partition coefficient (Wildman–Crippen LogP) is 8.57. The number of rotatable bonds is 8. The van der Waals surface area contributed by atoms with Crippen molar-refractivity contribution in [1.29, 1.82) is 0 Å². The molecule has 11 atom stereocenters. The fourth-order valence-corrected chi connectivity index (χ4v) is 18.3. The Morgan fingerprint density at radius 1 is 0.500 bits per heavy atom. The van der Waals surface area contributed by atoms with Gasteiger partial charge < -0.3 is 14.2 Å². The first-order valence-electron chi connectivity index (χ1n) is 23.4. The summed E-state index contributed by atoms with van der Waals surface area (Å²) in [6, 6.07) is 0. The van der Waals surface area contributed by atoms with Crippen LogP contribution >= 0.6 is 0 Å². The van der Waals surface area contributed by atoms with E-state index in [1.165, 1.54) is 64.2 Å². The van der Waals surface area contributed by atoms with Crippen LogP contribution in [-0.2, 0) is 38.2 Å². The molecular formula is C50H60O8. The third-order valence-corrected chi connectivity index (χ3v) is 20.0. The molecule has 14 rings (SSSR count). The number of allylic oxidation sites excluding steroid dienone is 6. The normalized spacial score (nSPS) is 52.6. The van der Waals surface area contributed by atoms with Gasteiger partial charge in [-0.1, -0.05) is 36.5 Å². The van der Waals surface area contributed by atoms with Crippen LogP contribution in [0.5, 0.6) is 0 Å². The molecule has 0 amide bonds. The van der Waals surface area contributed by atoms with Crippen molar-refractivity contribution < 1.29 is 38.2 Å². The van der Waals surface area contributed by atoms with Crippen LogP contribution in [0.1, 0.15) is 104 Å². The molecule has 11 saturated carbocycles. The number of fused-ring (bicyclic) bond motifs is 6. The Bertz CT molecular complexity index is 1910. The molecule has 14 aliphatic rings. The van der Waals surface area contributed by atoms with Gasteiger partial charge in [-0.15, -0.1) is 0 Å². The summed E-state index contributed by atoms with van der Waals surface area (Å²) < 4.78 is 17.3. The van der Waals surface area contributed by atoms with Gasteiger partial charge in [0.05, 0.1) is 22.8 Å². The van der Waals surface area contributed by atoms with Crippen molar-refractivity contribution in [2.75, 3.05) is 0 Å². The highest BCUT2D eigenvalue weighted by molar-refractivity contribution is 6.04. The fourth-order valence-electron chi connectivity index (χ4n) is 18.3. The van der Waals surface area contributed by atoms with Crippen LogP contribution < -0.4 is 0 Å². The summed E-state index contributed by atoms with van der Waals surface area (Å²) in [7, 11) is 0. The van der Waals surface area contributed by atoms with Crippen molar-refractivity contribution in [3.05, 3.63) is 48.3 Å². The average molecular weight is 789 g/mol. The summed E-state index contributed by atoms with van der Waals surface area (Å²) in [6.07, 6.45) is 29.7. The zero-order valence-corrected chi connectivity index (χ0v) is 34.2. The van der Waals surface area contributed by atoms with Crippen LogP contribution in [0.15, 0.2) is 48.3 Å². The largest absolute Gasteiger partial charge is 0.418 e. The molecule has 0 aromatic rings. The smallest absolute Gasteiger partial charge is 0.382 e. The fraction of sp³-hybridized carbons (Fsp3) is 0.740. The first-order chi connectivity index (χ1) is 27.9. The standard InChI is InChI=1S/C50H60O8/c1-49(36-7-5-30(21-36)43(49)41-32-12-25-9-26(14-32)15-33(41)13-25)47(54)57-40(51)23-39(56-45(52)38-20-24-3-4-29(38)11-24)46(53)58-48(55)50(2)37-8-6-31(22-37)44(50)42-34-16-27-10-28(18-34)19-35(42)17-27/h3-8,23-38,41-44H,9-22H2,1-2H3/b39-23-. The minimum Gasteiger partial charge on any atom is -0.418 e. The first-order valence-corrected chi connectivity index (χ1v) is 23.4. The van der Waals surface area contributed by atoms with E-state index in [-0.39, 0.29) is 47.3 Å². The lowest BCUT2D eigenvalue weighted by Crippen LogP contribution is -2.54. The molecule has 14 bridgehead atoms. The van der Waals surface area contributed by atoms with Crippen LogP contribution in [0.4, 0.5) is 0 Å². The summed E-state index contributed by atoms with van der Waals surface area (Å²) in [6.45, 7) is 3.98. The molecule has 0 heterocycles. The van der Waals surface area contributed by atoms with E-state index in [2.05, 4.69) is 30.4 Å². The minimum atomic E-state index is -1.17. The van der Waals surface area contributed by atoms with E-state index in [4.69, 9.17) is 14.2 Å². The zero-order chi connectivity index (χ0) is 39.4. The monoisotopic (exact) mass is 788 g/mol. The van der Waals surface area contributed by atoms with Crippen LogP contribution in [0, 0.1) is 123 Å². The number of esters is 5. The van der Waals surface area contributed by atoms with E-state index in [1.807, 2.05) is 19.9 Å². The highest BCUT2D eigenvalue weighted by Gasteiger charge is 2.66. The quantitative estimate of drug-likeness (QED) is 0.0601. The van der Waals surface area contributed by atoms with Gasteiger partial charge in [0.1, 0.15) is 0 Å². The van der Waals surface area contributed by atoms with Gasteiger partial charge in [-0.25, -0.2) is 9.59 Å². The van der Waals surface area contributed by atoms with Gasteiger partial charge in [-0.2, -0.15) is 0 Å². The Labute approximate surface area is 342 Å². The van der Waals surface area contributed by atoms with Crippen LogP contribution in [0.2, 0.25) is 0 Å². The van der Waals surface area contributed by atoms with Crippen molar-refractivity contribution in [3.8, 4) is 0 Å². The first kappa shape index (κ1) is 36.6. The summed E-state index contributed by atoms with van der Waals surface area (Å²) in [4.78, 5) is 70.9. The van der Waals surface area contributed by atoms with Gasteiger partial charge in [0, 0.05) is 0 Å². The third-order valence-electron chi connectivity index (χ3n) is 20.0. The highest BCUT2D eigenvalue weighted by Crippen LogP contribution is 2.69. The van der Waals surface area contributed by atoms with Crippen molar-refractivity contribution in [2.24, 2.45) is 123 Å². The van der Waals surface area contributed by atoms with Gasteiger partial charge in [-0.3, -0.25) is 14.4 Å². The maximum absolute atomic E-state index is 14.6. The molecule has 8 heteroatoms. The van der Waals surface area contributed by atoms with E-state index in [9.17, 15) is 24.0 Å². The molecule has 0 saturated heterocycles. The van der Waals surface area contributed by atoms with Gasteiger partial charge in [0.15, 0.2) is 0 Å². The minimum absolute atomic E-state index is 0.000636. The molecule has 11 unspecified atom stereocenters. The second-order valence-electron chi connectivity index (χ2n) is 22.6. The maximum atomic E-state index is 14.6. The Morgan fingerprint density at radius 2 is 0.966 bits per heavy atom. The second-order valence-corrected chi connectivity index (χ2v) is 22.6. The third kappa shape index (κ3) is 5.26. The lowest BCUT2D eigenvalue weighted by atomic mass is 9.46. The Balaban J connectivity index is 0.805. The Morgan fingerprint density at radius 3 is 1.41 bits per heavy atom. The van der Waals surface area contributed by atoms with Crippen molar-refractivity contribution in [1.82, 2.24) is 0 Å². The number of hydrogen-bond donors (Lipinski definition) is 0. The molecule has 0 N–H and O–H groups in total. The number of carbonyl (C=O) groups excluding carboxylic acids is 5. The molecule has 308 valence electrons. The Hall–Kier alpha value is -3.29. The lowest BCUT2D eigenvalue weighted by Gasteiger charge is -2.58. The molecule has 0 aromatic carbocycles. The number of ether oxygens (including phenoxy) is 3. The van der Waals surface area contributed by atoms with E-state index in [0.717, 1.165) is 49.0 Å². The number of hydrogen-bond acceptors (Lipinski definition) is 8. The Kier molecular flexibility index (Phi) is 8.11. The predicted molar refractivity (Wildman–Crippen MR) is 211 cm³/mol. The SMILES string of the molecule is CC1(C(=O)OC(=O)/C=C(\OC(=O)C2CC3C=CC2C3)C(=O)OC(=O)C2(C)C3C=CC(C3)C2C2C3CC4CC(C3)CC2C4)C2C=CC(C2)C1C1C2CC3CC(C2)CC1C3. The molecule has 0 spiro atoms. The van der Waals surface area contributed by atoms with Crippen LogP contribution in [-0.4, -0.2) is 29.8 Å². The van der Waals surface area contributed by atoms with E-state index in [1.54, 1.807) is 0 Å². The van der Waals surface area contributed by atoms with E-state index >= 15 is 0 Å². The molecular weight excluding hydrogens is 729 g/mol. The van der Waals surface area contributed by atoms with Crippen LogP contribution in [0.25, 0.3) is 0 Å². The lowest BCUT2D eigenvalue weighted by molar-refractivity contribution is -0.177. The molecule has 14 aliphatic carbocycles. The molecule has 0 radical (unpaired) electrons. The summed E-state index contributed by atoms with van der Waals surface area (Å²) in [5, 5.41) is 0. The van der Waals surface area contributed by atoms with Gasteiger partial charge >= 0.3 is 29.8 Å². The van der Waals surface area contributed by atoms with E-state index < -0.39 is 52.4 Å². The van der Waals surface area contributed by atoms with Gasteiger partial charge in [-0.05, 0) is 210 Å². The molecule has 0 aliphatic heterocycles. The van der Waals surface area contributed by atoms with E-state index in [0.29, 0.717) is 41.9 Å². The van der Waals surface area contributed by atoms with Crippen molar-refractivity contribution >= 4 is 29.8 Å². The molecule has 11 fully saturated rings. The second kappa shape index (κ2) is 12.9. The highest BCUT2D eigenvalue weighted by atomic mass is 16.6. The van der Waals surface area contributed by atoms with Crippen LogP contribution in [0.3, 0.4) is 0 Å². The average Bonchev–Trinajstić information content (AvgIpc) is 4.05. The summed E-state index contributed by atoms with van der Waals surface area (Å²) >= 11 is 0. The van der Waals surface area contributed by atoms with Crippen molar-refractivity contribution in [2.45, 2.75) is 104 Å². The van der Waals surface area contributed by atoms with Gasteiger partial charge in [0.25, 0.3) is 0 Å². The number of carbonyl (C=O) groups is 5. The summed E-state index contributed by atoms with van der Waals surface area (Å²) in [5.74, 6) is 2.30. The zero-order valence-electron chi connectivity index (χ0n) is 34.2. The van der Waals surface area contributed by atoms with Crippen molar-refractivity contribution in [3.63, 3.8) is 0 Å². The molecule has 8 nitrogen and oxygen atoms in total. The molecule has 58 heavy (non-hydrogen) atoms. The molecule has 0 aromatic heterocycles. The van der Waals surface area contributed by atoms with Gasteiger partial charge in [0.2, 0.25) is 5.76 Å². The topological polar surface area (TPSA) is 113 Å². The maximum Gasteiger partial charge on any atom is 0.382 e.